The molecule has 17 heavy (non-hydrogen) atoms. The second-order valence-electron chi connectivity index (χ2n) is 3.41. The number of rotatable bonds is 2. The third kappa shape index (κ3) is 2.89. The minimum atomic E-state index is -0.302. The zero-order chi connectivity index (χ0) is 12.1. The highest BCUT2D eigenvalue weighted by Crippen LogP contribution is 2.10. The first-order valence-electron chi connectivity index (χ1n) is 5.09. The third-order valence-electron chi connectivity index (χ3n) is 2.19. The van der Waals surface area contributed by atoms with E-state index in [-0.39, 0.29) is 12.4 Å². The van der Waals surface area contributed by atoms with E-state index >= 15 is 0 Å². The zero-order valence-electron chi connectivity index (χ0n) is 9.10. The highest BCUT2D eigenvalue weighted by molar-refractivity contribution is 5.37. The van der Waals surface area contributed by atoms with Crippen LogP contribution in [0.2, 0.25) is 0 Å². The van der Waals surface area contributed by atoms with Crippen molar-refractivity contribution in [1.82, 2.24) is 14.8 Å². The van der Waals surface area contributed by atoms with Crippen LogP contribution in [0.25, 0.3) is 0 Å². The molecule has 4 nitrogen and oxygen atoms in total. The number of nitrogens with two attached hydrogens (primary N) is 1. The molecule has 0 saturated carbocycles. The van der Waals surface area contributed by atoms with Crippen molar-refractivity contribution in [2.45, 2.75) is 6.54 Å². The molecule has 1 aromatic carbocycles. The summed E-state index contributed by atoms with van der Waals surface area (Å²) in [7, 11) is 0. The van der Waals surface area contributed by atoms with E-state index in [1.54, 1.807) is 23.1 Å². The van der Waals surface area contributed by atoms with Crippen LogP contribution in [0, 0.1) is 17.7 Å². The van der Waals surface area contributed by atoms with Gasteiger partial charge in [0.05, 0.1) is 13.1 Å². The Morgan fingerprint density at radius 1 is 1.41 bits per heavy atom. The van der Waals surface area contributed by atoms with Crippen molar-refractivity contribution >= 4 is 0 Å². The summed E-state index contributed by atoms with van der Waals surface area (Å²) in [6, 6.07) is 4.85. The highest BCUT2D eigenvalue weighted by atomic mass is 19.1. The van der Waals surface area contributed by atoms with Gasteiger partial charge in [0.2, 0.25) is 0 Å². The maximum atomic E-state index is 13.7. The molecular formula is C12H11FN4. The summed E-state index contributed by atoms with van der Waals surface area (Å²) in [5, 5.41) is 3.92. The maximum Gasteiger partial charge on any atom is 0.137 e. The summed E-state index contributed by atoms with van der Waals surface area (Å²) < 4.78 is 15.3. The van der Waals surface area contributed by atoms with Gasteiger partial charge in [-0.25, -0.2) is 14.1 Å². The second-order valence-corrected chi connectivity index (χ2v) is 3.41. The van der Waals surface area contributed by atoms with Gasteiger partial charge >= 0.3 is 0 Å². The minimum absolute atomic E-state index is 0.266. The molecule has 0 bridgehead atoms. The monoisotopic (exact) mass is 230 g/mol. The molecule has 0 spiro atoms. The van der Waals surface area contributed by atoms with Crippen LogP contribution in [0.1, 0.15) is 11.1 Å². The summed E-state index contributed by atoms with van der Waals surface area (Å²) >= 11 is 0. The fourth-order valence-electron chi connectivity index (χ4n) is 1.40. The van der Waals surface area contributed by atoms with Gasteiger partial charge in [-0.15, -0.1) is 0 Å². The predicted octanol–water partition coefficient (Wildman–Crippen LogP) is 0.776. The maximum absolute atomic E-state index is 13.7. The van der Waals surface area contributed by atoms with Crippen molar-refractivity contribution in [2.24, 2.45) is 5.73 Å². The largest absolute Gasteiger partial charge is 0.320 e. The van der Waals surface area contributed by atoms with Gasteiger partial charge in [0.25, 0.3) is 0 Å². The number of hydrogen-bond acceptors (Lipinski definition) is 3. The molecule has 0 aliphatic heterocycles. The van der Waals surface area contributed by atoms with Crippen LogP contribution in [0.15, 0.2) is 30.9 Å². The van der Waals surface area contributed by atoms with E-state index in [0.717, 1.165) is 0 Å². The van der Waals surface area contributed by atoms with Gasteiger partial charge in [0.15, 0.2) is 0 Å². The van der Waals surface area contributed by atoms with Crippen LogP contribution in [0.4, 0.5) is 4.39 Å². The van der Waals surface area contributed by atoms with Crippen molar-refractivity contribution in [1.29, 1.82) is 0 Å². The quantitative estimate of drug-likeness (QED) is 0.775. The van der Waals surface area contributed by atoms with Crippen molar-refractivity contribution < 1.29 is 4.39 Å². The molecule has 0 aliphatic rings. The molecule has 1 heterocycles. The van der Waals surface area contributed by atoms with Gasteiger partial charge in [0, 0.05) is 11.1 Å². The lowest BCUT2D eigenvalue weighted by Gasteiger charge is -2.03. The first-order chi connectivity index (χ1) is 8.29. The Bertz CT molecular complexity index is 552. The van der Waals surface area contributed by atoms with Crippen LogP contribution in [0.5, 0.6) is 0 Å². The molecule has 0 aliphatic carbocycles. The van der Waals surface area contributed by atoms with Crippen LogP contribution < -0.4 is 5.73 Å². The third-order valence-corrected chi connectivity index (χ3v) is 2.19. The van der Waals surface area contributed by atoms with Crippen molar-refractivity contribution in [3.8, 4) is 11.8 Å². The van der Waals surface area contributed by atoms with Crippen LogP contribution >= 0.6 is 0 Å². The van der Waals surface area contributed by atoms with E-state index in [1.165, 1.54) is 12.4 Å². The summed E-state index contributed by atoms with van der Waals surface area (Å²) in [4.78, 5) is 3.80. The number of nitrogens with zero attached hydrogens (tertiary/aromatic N) is 3. The Kier molecular flexibility index (Phi) is 3.48. The van der Waals surface area contributed by atoms with Crippen LogP contribution in [-0.4, -0.2) is 21.3 Å². The van der Waals surface area contributed by atoms with Crippen molar-refractivity contribution in [2.75, 3.05) is 6.54 Å². The van der Waals surface area contributed by atoms with E-state index in [1.807, 2.05) is 0 Å². The number of aromatic nitrogens is 3. The summed E-state index contributed by atoms with van der Waals surface area (Å²) in [5.74, 6) is 5.16. The fraction of sp³-hybridized carbons (Fsp3) is 0.167. The average molecular weight is 230 g/mol. The van der Waals surface area contributed by atoms with Crippen LogP contribution in [-0.2, 0) is 6.54 Å². The smallest absolute Gasteiger partial charge is 0.137 e. The number of benzene rings is 1. The van der Waals surface area contributed by atoms with E-state index in [0.29, 0.717) is 17.7 Å². The van der Waals surface area contributed by atoms with Gasteiger partial charge in [-0.05, 0) is 12.1 Å². The summed E-state index contributed by atoms with van der Waals surface area (Å²) in [6.45, 7) is 0.624. The van der Waals surface area contributed by atoms with E-state index in [2.05, 4.69) is 21.9 Å². The molecule has 0 unspecified atom stereocenters. The Morgan fingerprint density at radius 2 is 2.29 bits per heavy atom. The number of halogens is 1. The van der Waals surface area contributed by atoms with E-state index < -0.39 is 0 Å². The molecule has 2 rings (SSSR count). The predicted molar refractivity (Wildman–Crippen MR) is 61.5 cm³/mol. The SMILES string of the molecule is NCC#Cc1ccc(Cn2cncn2)c(F)c1. The second kappa shape index (κ2) is 5.23. The Labute approximate surface area is 98.3 Å². The van der Waals surface area contributed by atoms with Crippen molar-refractivity contribution in [3.05, 3.63) is 47.8 Å². The lowest BCUT2D eigenvalue weighted by Crippen LogP contribution is -2.02. The first kappa shape index (κ1) is 11.3. The molecule has 0 radical (unpaired) electrons. The molecular weight excluding hydrogens is 219 g/mol. The normalized spacial score (nSPS) is 9.76. The standard InChI is InChI=1S/C12H11FN4/c13-12-6-10(2-1-5-14)3-4-11(12)7-17-9-15-8-16-17/h3-4,6,8-9H,5,7,14H2. The van der Waals surface area contributed by atoms with Gasteiger partial charge in [-0.1, -0.05) is 17.9 Å². The lowest BCUT2D eigenvalue weighted by atomic mass is 10.1. The Morgan fingerprint density at radius 3 is 2.94 bits per heavy atom. The molecule has 86 valence electrons. The van der Waals surface area contributed by atoms with Crippen LogP contribution in [0.3, 0.4) is 0 Å². The lowest BCUT2D eigenvalue weighted by molar-refractivity contribution is 0.584. The topological polar surface area (TPSA) is 56.7 Å². The average Bonchev–Trinajstić information content (AvgIpc) is 2.82. The molecule has 2 N–H and O–H groups in total. The minimum Gasteiger partial charge on any atom is -0.320 e. The van der Waals surface area contributed by atoms with E-state index in [9.17, 15) is 4.39 Å². The van der Waals surface area contributed by atoms with Gasteiger partial charge in [-0.2, -0.15) is 5.10 Å². The van der Waals surface area contributed by atoms with Gasteiger partial charge < -0.3 is 5.73 Å². The molecule has 0 saturated heterocycles. The molecule has 0 fully saturated rings. The van der Waals surface area contributed by atoms with E-state index in [4.69, 9.17) is 5.73 Å². The molecule has 0 atom stereocenters. The molecule has 2 aromatic rings. The van der Waals surface area contributed by atoms with Crippen molar-refractivity contribution in [3.63, 3.8) is 0 Å². The molecule has 0 amide bonds. The first-order valence-corrected chi connectivity index (χ1v) is 5.09. The fourth-order valence-corrected chi connectivity index (χ4v) is 1.40. The summed E-state index contributed by atoms with van der Waals surface area (Å²) in [6.07, 6.45) is 2.96. The Balaban J connectivity index is 2.20. The molecule has 5 heteroatoms. The molecule has 1 aromatic heterocycles. The van der Waals surface area contributed by atoms with Gasteiger partial charge in [-0.3, -0.25) is 0 Å². The zero-order valence-corrected chi connectivity index (χ0v) is 9.10. The summed E-state index contributed by atoms with van der Waals surface area (Å²) in [5.41, 5.74) is 6.42. The van der Waals surface area contributed by atoms with Gasteiger partial charge in [0.1, 0.15) is 18.5 Å². The number of hydrogen-bond donors (Lipinski definition) is 1. The Hall–Kier alpha value is -2.19. The highest BCUT2D eigenvalue weighted by Gasteiger charge is 2.03.